The van der Waals surface area contributed by atoms with Crippen LogP contribution in [0.15, 0.2) is 30.5 Å². The van der Waals surface area contributed by atoms with E-state index in [-0.39, 0.29) is 17.1 Å². The molecule has 7 heteroatoms. The normalized spacial score (nSPS) is 9.74. The van der Waals surface area contributed by atoms with Gasteiger partial charge in [0.05, 0.1) is 5.69 Å². The quantitative estimate of drug-likeness (QED) is 0.866. The molecule has 2 N–H and O–H groups in total. The molecule has 0 aliphatic rings. The van der Waals surface area contributed by atoms with Crippen molar-refractivity contribution in [2.45, 2.75) is 0 Å². The summed E-state index contributed by atoms with van der Waals surface area (Å²) in [5, 5.41) is 17.5. The molecule has 96 valence electrons. The number of amides is 2. The molecule has 0 saturated heterocycles. The third kappa shape index (κ3) is 2.87. The summed E-state index contributed by atoms with van der Waals surface area (Å²) >= 11 is 0. The number of nitrogens with one attached hydrogen (secondary N) is 2. The highest BCUT2D eigenvalue weighted by Gasteiger charge is 2.11. The SMILES string of the molecule is Cn1cc(C#N)c(NC(=O)Nc2ccccc2F)n1. The fourth-order valence-electron chi connectivity index (χ4n) is 1.49. The second kappa shape index (κ2) is 5.18. The summed E-state index contributed by atoms with van der Waals surface area (Å²) in [7, 11) is 1.63. The molecule has 0 fully saturated rings. The van der Waals surface area contributed by atoms with Gasteiger partial charge < -0.3 is 5.32 Å². The number of nitriles is 1. The van der Waals surface area contributed by atoms with E-state index in [0.29, 0.717) is 0 Å². The number of nitrogens with zero attached hydrogens (tertiary/aromatic N) is 3. The highest BCUT2D eigenvalue weighted by molar-refractivity contribution is 5.99. The lowest BCUT2D eigenvalue weighted by atomic mass is 10.3. The summed E-state index contributed by atoms with van der Waals surface area (Å²) in [5.41, 5.74) is 0.278. The van der Waals surface area contributed by atoms with Crippen molar-refractivity contribution in [3.05, 3.63) is 41.8 Å². The van der Waals surface area contributed by atoms with E-state index in [1.54, 1.807) is 13.1 Å². The zero-order valence-corrected chi connectivity index (χ0v) is 10.0. The van der Waals surface area contributed by atoms with E-state index in [1.165, 1.54) is 29.1 Å². The Hall–Kier alpha value is -2.88. The van der Waals surface area contributed by atoms with Gasteiger partial charge >= 0.3 is 6.03 Å². The summed E-state index contributed by atoms with van der Waals surface area (Å²) in [5.74, 6) is -0.419. The van der Waals surface area contributed by atoms with Crippen molar-refractivity contribution in [1.29, 1.82) is 5.26 Å². The molecule has 0 aliphatic carbocycles. The number of rotatable bonds is 2. The highest BCUT2D eigenvalue weighted by Crippen LogP contribution is 2.14. The van der Waals surface area contributed by atoms with Crippen molar-refractivity contribution in [2.75, 3.05) is 10.6 Å². The van der Waals surface area contributed by atoms with Gasteiger partial charge in [0.2, 0.25) is 0 Å². The largest absolute Gasteiger partial charge is 0.325 e. The molecule has 0 spiro atoms. The fourth-order valence-corrected chi connectivity index (χ4v) is 1.49. The van der Waals surface area contributed by atoms with Gasteiger partial charge in [0.25, 0.3) is 0 Å². The Bertz CT molecular complexity index is 658. The van der Waals surface area contributed by atoms with Gasteiger partial charge in [0, 0.05) is 13.2 Å². The van der Waals surface area contributed by atoms with Gasteiger partial charge in [0.15, 0.2) is 5.82 Å². The first-order valence-electron chi connectivity index (χ1n) is 5.36. The Balaban J connectivity index is 2.10. The van der Waals surface area contributed by atoms with E-state index in [1.807, 2.05) is 6.07 Å². The number of halogens is 1. The molecule has 0 atom stereocenters. The van der Waals surface area contributed by atoms with Gasteiger partial charge in [-0.25, -0.2) is 9.18 Å². The molecule has 1 heterocycles. The van der Waals surface area contributed by atoms with Crippen LogP contribution in [-0.2, 0) is 7.05 Å². The molecular formula is C12H10FN5O. The number of aromatic nitrogens is 2. The van der Waals surface area contributed by atoms with Gasteiger partial charge in [-0.3, -0.25) is 10.00 Å². The zero-order chi connectivity index (χ0) is 13.8. The second-order valence-corrected chi connectivity index (χ2v) is 3.74. The van der Waals surface area contributed by atoms with E-state index in [9.17, 15) is 9.18 Å². The Morgan fingerprint density at radius 3 is 2.84 bits per heavy atom. The Morgan fingerprint density at radius 2 is 2.16 bits per heavy atom. The van der Waals surface area contributed by atoms with Crippen LogP contribution < -0.4 is 10.6 Å². The van der Waals surface area contributed by atoms with Crippen molar-refractivity contribution in [3.63, 3.8) is 0 Å². The molecule has 1 aromatic heterocycles. The predicted octanol–water partition coefficient (Wildman–Crippen LogP) is 2.07. The first kappa shape index (κ1) is 12.6. The van der Waals surface area contributed by atoms with Gasteiger partial charge in [0.1, 0.15) is 17.4 Å². The van der Waals surface area contributed by atoms with Gasteiger partial charge in [-0.05, 0) is 12.1 Å². The van der Waals surface area contributed by atoms with E-state index >= 15 is 0 Å². The summed E-state index contributed by atoms with van der Waals surface area (Å²) in [6.45, 7) is 0. The van der Waals surface area contributed by atoms with Gasteiger partial charge in [-0.15, -0.1) is 0 Å². The number of benzene rings is 1. The third-order valence-corrected chi connectivity index (χ3v) is 2.30. The first-order valence-corrected chi connectivity index (χ1v) is 5.36. The highest BCUT2D eigenvalue weighted by atomic mass is 19.1. The first-order chi connectivity index (χ1) is 9.10. The fraction of sp³-hybridized carbons (Fsp3) is 0.0833. The maximum Gasteiger partial charge on any atom is 0.325 e. The average Bonchev–Trinajstić information content (AvgIpc) is 2.72. The molecular weight excluding hydrogens is 249 g/mol. The van der Waals surface area contributed by atoms with Crippen LogP contribution in [0.3, 0.4) is 0 Å². The summed E-state index contributed by atoms with van der Waals surface area (Å²) in [6.07, 6.45) is 1.47. The van der Waals surface area contributed by atoms with Crippen molar-refractivity contribution in [3.8, 4) is 6.07 Å². The third-order valence-electron chi connectivity index (χ3n) is 2.30. The Morgan fingerprint density at radius 1 is 1.42 bits per heavy atom. The van der Waals surface area contributed by atoms with Gasteiger partial charge in [-0.2, -0.15) is 10.4 Å². The maximum absolute atomic E-state index is 13.3. The maximum atomic E-state index is 13.3. The molecule has 0 bridgehead atoms. The number of anilines is 2. The minimum Gasteiger partial charge on any atom is -0.305 e. The number of carbonyl (C=O) groups is 1. The zero-order valence-electron chi connectivity index (χ0n) is 10.0. The van der Waals surface area contributed by atoms with Crippen molar-refractivity contribution in [1.82, 2.24) is 9.78 Å². The number of urea groups is 1. The monoisotopic (exact) mass is 259 g/mol. The van der Waals surface area contributed by atoms with E-state index < -0.39 is 11.8 Å². The summed E-state index contributed by atoms with van der Waals surface area (Å²) in [6, 6.07) is 7.01. The molecule has 2 rings (SSSR count). The summed E-state index contributed by atoms with van der Waals surface area (Å²) < 4.78 is 14.7. The molecule has 2 amide bonds. The van der Waals surface area contributed by atoms with Crippen molar-refractivity contribution >= 4 is 17.5 Å². The average molecular weight is 259 g/mol. The Labute approximate surface area is 108 Å². The van der Waals surface area contributed by atoms with Crippen LogP contribution in [0.2, 0.25) is 0 Å². The van der Waals surface area contributed by atoms with Crippen LogP contribution in [0.4, 0.5) is 20.7 Å². The number of hydrogen-bond donors (Lipinski definition) is 2. The van der Waals surface area contributed by atoms with Crippen LogP contribution in [0.25, 0.3) is 0 Å². The Kier molecular flexibility index (Phi) is 3.43. The number of aryl methyl sites for hydroxylation is 1. The van der Waals surface area contributed by atoms with Crippen LogP contribution in [-0.4, -0.2) is 15.8 Å². The van der Waals surface area contributed by atoms with Crippen LogP contribution in [0.1, 0.15) is 5.56 Å². The van der Waals surface area contributed by atoms with Crippen LogP contribution in [0.5, 0.6) is 0 Å². The standard InChI is InChI=1S/C12H10FN5O/c1-18-7-8(6-14)11(17-18)16-12(19)15-10-5-3-2-4-9(10)13/h2-5,7H,1H3,(H2,15,16,17,19). The second-order valence-electron chi connectivity index (χ2n) is 3.74. The molecule has 0 radical (unpaired) electrons. The van der Waals surface area contributed by atoms with Crippen LogP contribution in [0, 0.1) is 17.1 Å². The lowest BCUT2D eigenvalue weighted by Gasteiger charge is -2.06. The lowest BCUT2D eigenvalue weighted by Crippen LogP contribution is -2.21. The predicted molar refractivity (Wildman–Crippen MR) is 67.0 cm³/mol. The van der Waals surface area contributed by atoms with E-state index in [2.05, 4.69) is 15.7 Å². The molecule has 1 aromatic carbocycles. The minimum absolute atomic E-state index is 0.0504. The number of para-hydroxylation sites is 1. The molecule has 0 unspecified atom stereocenters. The van der Waals surface area contributed by atoms with Gasteiger partial charge in [-0.1, -0.05) is 12.1 Å². The van der Waals surface area contributed by atoms with E-state index in [4.69, 9.17) is 5.26 Å². The topological polar surface area (TPSA) is 82.7 Å². The minimum atomic E-state index is -0.666. The molecule has 2 aromatic rings. The van der Waals surface area contributed by atoms with Crippen molar-refractivity contribution in [2.24, 2.45) is 7.05 Å². The molecule has 19 heavy (non-hydrogen) atoms. The number of hydrogen-bond acceptors (Lipinski definition) is 3. The molecule has 0 aliphatic heterocycles. The molecule has 0 saturated carbocycles. The lowest BCUT2D eigenvalue weighted by molar-refractivity contribution is 0.262. The molecule has 6 nitrogen and oxygen atoms in total. The summed E-state index contributed by atoms with van der Waals surface area (Å²) in [4.78, 5) is 11.7. The van der Waals surface area contributed by atoms with Crippen molar-refractivity contribution < 1.29 is 9.18 Å². The van der Waals surface area contributed by atoms with Crippen LogP contribution >= 0.6 is 0 Å². The van der Waals surface area contributed by atoms with E-state index in [0.717, 1.165) is 0 Å². The smallest absolute Gasteiger partial charge is 0.305 e. The number of carbonyl (C=O) groups excluding carboxylic acids is 1.